The topological polar surface area (TPSA) is 86.8 Å². The molecule has 2 fully saturated rings. The number of anilines is 1. The van der Waals surface area contributed by atoms with E-state index < -0.39 is 23.8 Å². The van der Waals surface area contributed by atoms with E-state index in [0.29, 0.717) is 34.9 Å². The summed E-state index contributed by atoms with van der Waals surface area (Å²) >= 11 is 0. The molecule has 2 bridgehead atoms. The van der Waals surface area contributed by atoms with E-state index in [9.17, 15) is 19.2 Å². The average Bonchev–Trinajstić information content (AvgIpc) is 3.35. The number of allylic oxidation sites excluding steroid dienone is 1. The van der Waals surface area contributed by atoms with Crippen LogP contribution in [0.2, 0.25) is 0 Å². The molecule has 150 valence electrons. The largest absolute Gasteiger partial charge is 0.371 e. The van der Waals surface area contributed by atoms with Crippen LogP contribution in [-0.4, -0.2) is 47.7 Å². The molecule has 3 unspecified atom stereocenters. The summed E-state index contributed by atoms with van der Waals surface area (Å²) in [7, 11) is 2.04. The van der Waals surface area contributed by atoms with Crippen molar-refractivity contribution in [2.75, 3.05) is 11.9 Å². The molecule has 1 saturated heterocycles. The van der Waals surface area contributed by atoms with Crippen molar-refractivity contribution in [3.63, 3.8) is 0 Å². The van der Waals surface area contributed by atoms with E-state index >= 15 is 0 Å². The Balaban J connectivity index is 1.43. The third kappa shape index (κ3) is 2.56. The molecule has 4 aliphatic rings. The zero-order valence-electron chi connectivity index (χ0n) is 16.4. The molecule has 0 aromatic heterocycles. The highest BCUT2D eigenvalue weighted by atomic mass is 16.2. The van der Waals surface area contributed by atoms with E-state index in [4.69, 9.17) is 0 Å². The smallest absolute Gasteiger partial charge is 0.262 e. The number of fused-ring (bicyclic) bond motifs is 3. The fraction of sp³-hybridized carbons (Fsp3) is 0.455. The third-order valence-corrected chi connectivity index (χ3v) is 7.08. The Bertz CT molecular complexity index is 984. The lowest BCUT2D eigenvalue weighted by Crippen LogP contribution is -2.54. The number of imide groups is 2. The van der Waals surface area contributed by atoms with Crippen molar-refractivity contribution in [2.45, 2.75) is 38.3 Å². The molecule has 1 aromatic carbocycles. The van der Waals surface area contributed by atoms with Gasteiger partial charge in [-0.25, -0.2) is 0 Å². The summed E-state index contributed by atoms with van der Waals surface area (Å²) in [5, 5.41) is 2.22. The molecule has 2 aliphatic carbocycles. The molecule has 0 spiro atoms. The fourth-order valence-electron chi connectivity index (χ4n) is 5.53. The van der Waals surface area contributed by atoms with Gasteiger partial charge in [-0.3, -0.25) is 29.4 Å². The van der Waals surface area contributed by atoms with Crippen LogP contribution in [-0.2, 0) is 9.59 Å². The Hall–Kier alpha value is -2.96. The van der Waals surface area contributed by atoms with Crippen molar-refractivity contribution >= 4 is 29.3 Å². The van der Waals surface area contributed by atoms with Crippen LogP contribution in [0.3, 0.4) is 0 Å². The normalized spacial score (nSPS) is 32.8. The van der Waals surface area contributed by atoms with Gasteiger partial charge in [-0.2, -0.15) is 0 Å². The minimum Gasteiger partial charge on any atom is -0.371 e. The van der Waals surface area contributed by atoms with Crippen molar-refractivity contribution in [1.82, 2.24) is 10.2 Å². The minimum atomic E-state index is -0.933. The maximum Gasteiger partial charge on any atom is 0.262 e. The summed E-state index contributed by atoms with van der Waals surface area (Å²) in [6.45, 7) is 2.27. The van der Waals surface area contributed by atoms with Gasteiger partial charge in [0, 0.05) is 25.2 Å². The summed E-state index contributed by atoms with van der Waals surface area (Å²) in [5.41, 5.74) is 1.54. The second-order valence-corrected chi connectivity index (χ2v) is 8.59. The molecule has 7 heteroatoms. The number of nitrogens with zero attached hydrogens (tertiary/aromatic N) is 2. The van der Waals surface area contributed by atoms with Crippen molar-refractivity contribution in [3.8, 4) is 0 Å². The quantitative estimate of drug-likeness (QED) is 0.624. The van der Waals surface area contributed by atoms with Crippen LogP contribution < -0.4 is 10.2 Å². The van der Waals surface area contributed by atoms with Crippen LogP contribution in [0.15, 0.2) is 30.4 Å². The van der Waals surface area contributed by atoms with Gasteiger partial charge in [-0.1, -0.05) is 19.1 Å². The van der Waals surface area contributed by atoms with Crippen LogP contribution >= 0.6 is 0 Å². The highest BCUT2D eigenvalue weighted by Crippen LogP contribution is 2.46. The molecule has 0 radical (unpaired) electrons. The molecule has 2 heterocycles. The van der Waals surface area contributed by atoms with Crippen LogP contribution in [0.25, 0.3) is 0 Å². The van der Waals surface area contributed by atoms with Crippen molar-refractivity contribution in [2.24, 2.45) is 17.8 Å². The Labute approximate surface area is 168 Å². The van der Waals surface area contributed by atoms with Gasteiger partial charge in [0.05, 0.1) is 11.1 Å². The highest BCUT2D eigenvalue weighted by molar-refractivity contribution is 6.23. The molecule has 1 aromatic rings. The molecule has 5 atom stereocenters. The first-order valence-corrected chi connectivity index (χ1v) is 10.1. The first-order valence-electron chi connectivity index (χ1n) is 10.1. The third-order valence-electron chi connectivity index (χ3n) is 7.08. The number of carbonyl (C=O) groups is 4. The second-order valence-electron chi connectivity index (χ2n) is 8.59. The van der Waals surface area contributed by atoms with E-state index in [1.807, 2.05) is 13.1 Å². The lowest BCUT2D eigenvalue weighted by molar-refractivity contribution is -0.136. The number of amides is 4. The van der Waals surface area contributed by atoms with E-state index in [1.165, 1.54) is 6.42 Å². The van der Waals surface area contributed by atoms with Gasteiger partial charge in [0.1, 0.15) is 6.04 Å². The van der Waals surface area contributed by atoms with Gasteiger partial charge in [-0.05, 0) is 48.8 Å². The van der Waals surface area contributed by atoms with E-state index in [1.54, 1.807) is 12.1 Å². The molecule has 5 rings (SSSR count). The lowest BCUT2D eigenvalue weighted by atomic mass is 9.89. The number of benzene rings is 1. The van der Waals surface area contributed by atoms with Crippen LogP contribution in [0.5, 0.6) is 0 Å². The van der Waals surface area contributed by atoms with E-state index in [-0.39, 0.29) is 18.7 Å². The predicted molar refractivity (Wildman–Crippen MR) is 105 cm³/mol. The van der Waals surface area contributed by atoms with Gasteiger partial charge >= 0.3 is 0 Å². The zero-order chi connectivity index (χ0) is 20.4. The van der Waals surface area contributed by atoms with Crippen LogP contribution in [0.4, 0.5) is 5.69 Å². The second kappa shape index (κ2) is 6.27. The first-order chi connectivity index (χ1) is 13.9. The number of piperidine rings is 1. The maximum absolute atomic E-state index is 13.0. The first kappa shape index (κ1) is 18.1. The van der Waals surface area contributed by atoms with E-state index in [2.05, 4.69) is 29.3 Å². The summed E-state index contributed by atoms with van der Waals surface area (Å²) in [5.74, 6) is -0.253. The molecule has 4 amide bonds. The van der Waals surface area contributed by atoms with Gasteiger partial charge < -0.3 is 4.90 Å². The van der Waals surface area contributed by atoms with Gasteiger partial charge in [0.15, 0.2) is 0 Å². The maximum atomic E-state index is 13.0. The van der Waals surface area contributed by atoms with Crippen LogP contribution in [0, 0.1) is 17.8 Å². The standard InChI is InChI=1S/C22H23N3O4/c1-11-12-3-4-13(9-12)19(11)24(2)14-5-6-15-16(10-14)22(29)25(21(15)28)17-7-8-18(26)23-20(17)27/h3-6,10-13,17,19H,7-9H2,1-2H3,(H,23,26,27)/t11-,12?,13?,17?,19-/m1/s1. The summed E-state index contributed by atoms with van der Waals surface area (Å²) in [4.78, 5) is 52.7. The number of nitrogens with one attached hydrogen (secondary N) is 1. The number of carbonyl (C=O) groups excluding carboxylic acids is 4. The van der Waals surface area contributed by atoms with Crippen LogP contribution in [0.1, 0.15) is 46.9 Å². The molecular weight excluding hydrogens is 370 g/mol. The van der Waals surface area contributed by atoms with Crippen molar-refractivity contribution in [1.29, 1.82) is 0 Å². The van der Waals surface area contributed by atoms with Crippen molar-refractivity contribution < 1.29 is 19.2 Å². The fourth-order valence-corrected chi connectivity index (χ4v) is 5.53. The summed E-state index contributed by atoms with van der Waals surface area (Å²) in [6, 6.07) is 4.75. The van der Waals surface area contributed by atoms with Gasteiger partial charge in [0.2, 0.25) is 11.8 Å². The zero-order valence-corrected chi connectivity index (χ0v) is 16.4. The minimum absolute atomic E-state index is 0.118. The Morgan fingerprint density at radius 2 is 1.76 bits per heavy atom. The molecule has 1 saturated carbocycles. The number of rotatable bonds is 3. The summed E-state index contributed by atoms with van der Waals surface area (Å²) < 4.78 is 0. The molecule has 1 N–H and O–H groups in total. The molecule has 2 aliphatic heterocycles. The number of hydrogen-bond donors (Lipinski definition) is 1. The average molecular weight is 393 g/mol. The monoisotopic (exact) mass is 393 g/mol. The predicted octanol–water partition coefficient (Wildman–Crippen LogP) is 1.73. The molecule has 29 heavy (non-hydrogen) atoms. The summed E-state index contributed by atoms with van der Waals surface area (Å²) in [6.07, 6.45) is 6.05. The Kier molecular flexibility index (Phi) is 3.91. The Morgan fingerprint density at radius 3 is 2.45 bits per heavy atom. The van der Waals surface area contributed by atoms with Gasteiger partial charge in [0.25, 0.3) is 11.8 Å². The van der Waals surface area contributed by atoms with Crippen molar-refractivity contribution in [3.05, 3.63) is 41.5 Å². The highest BCUT2D eigenvalue weighted by Gasteiger charge is 2.46. The number of hydrogen-bond acceptors (Lipinski definition) is 5. The van der Waals surface area contributed by atoms with Gasteiger partial charge in [-0.15, -0.1) is 0 Å². The SMILES string of the molecule is C[C@@H]1C2C=CC(C2)[C@@H]1N(C)c1ccc2c(c1)C(=O)N(C1CCC(=O)NC1=O)C2=O. The molecular formula is C22H23N3O4. The lowest BCUT2D eigenvalue weighted by Gasteiger charge is -2.35. The molecule has 7 nitrogen and oxygen atoms in total. The van der Waals surface area contributed by atoms with E-state index in [0.717, 1.165) is 10.6 Å². The Morgan fingerprint density at radius 1 is 1.03 bits per heavy atom.